The summed E-state index contributed by atoms with van der Waals surface area (Å²) in [5.41, 5.74) is 4.33. The second-order valence-corrected chi connectivity index (χ2v) is 6.20. The van der Waals surface area contributed by atoms with Gasteiger partial charge >= 0.3 is 0 Å². The van der Waals surface area contributed by atoms with Crippen molar-refractivity contribution in [2.45, 2.75) is 13.8 Å². The van der Waals surface area contributed by atoms with Crippen LogP contribution in [0.15, 0.2) is 59.2 Å². The third-order valence-corrected chi connectivity index (χ3v) is 4.23. The number of nitrogens with zero attached hydrogens (tertiary/aromatic N) is 2. The zero-order valence-corrected chi connectivity index (χ0v) is 14.6. The lowest BCUT2D eigenvalue weighted by atomic mass is 10.2. The first kappa shape index (κ1) is 15.5. The molecule has 116 valence electrons. The Morgan fingerprint density at radius 2 is 1.74 bits per heavy atom. The fourth-order valence-corrected chi connectivity index (χ4v) is 2.54. The van der Waals surface area contributed by atoms with Crippen molar-refractivity contribution in [3.05, 3.63) is 70.3 Å². The summed E-state index contributed by atoms with van der Waals surface area (Å²) in [7, 11) is 0. The summed E-state index contributed by atoms with van der Waals surface area (Å²) in [6, 6.07) is 16.1. The Morgan fingerprint density at radius 1 is 0.913 bits per heavy atom. The van der Waals surface area contributed by atoms with Gasteiger partial charge in [-0.25, -0.2) is 4.98 Å². The van der Waals surface area contributed by atoms with E-state index in [1.165, 1.54) is 11.1 Å². The number of aromatic nitrogens is 2. The molecule has 1 heterocycles. The van der Waals surface area contributed by atoms with Crippen LogP contribution in [0.2, 0.25) is 0 Å². The molecule has 0 bridgehead atoms. The topological polar surface area (TPSA) is 49.8 Å². The Morgan fingerprint density at radius 3 is 2.52 bits per heavy atom. The predicted molar refractivity (Wildman–Crippen MR) is 98.7 cm³/mol. The van der Waals surface area contributed by atoms with Crippen molar-refractivity contribution in [1.29, 1.82) is 0 Å². The van der Waals surface area contributed by atoms with E-state index in [2.05, 4.69) is 68.6 Å². The van der Waals surface area contributed by atoms with Gasteiger partial charge < -0.3 is 10.6 Å². The molecule has 4 nitrogen and oxygen atoms in total. The van der Waals surface area contributed by atoms with Crippen molar-refractivity contribution in [1.82, 2.24) is 9.97 Å². The van der Waals surface area contributed by atoms with Crippen LogP contribution >= 0.6 is 15.9 Å². The van der Waals surface area contributed by atoms with Crippen LogP contribution < -0.4 is 10.6 Å². The number of benzene rings is 2. The van der Waals surface area contributed by atoms with Gasteiger partial charge in [0.15, 0.2) is 0 Å². The summed E-state index contributed by atoms with van der Waals surface area (Å²) >= 11 is 3.54. The summed E-state index contributed by atoms with van der Waals surface area (Å²) < 4.78 is 1.06. The second-order valence-electron chi connectivity index (χ2n) is 5.35. The molecule has 0 aliphatic rings. The maximum absolute atomic E-state index is 4.50. The SMILES string of the molecule is Cc1cccc(Nc2nccc(Nc3ccc(C)c(Br)c3)n2)c1. The van der Waals surface area contributed by atoms with Crippen molar-refractivity contribution in [3.63, 3.8) is 0 Å². The molecule has 0 amide bonds. The Hall–Kier alpha value is -2.40. The van der Waals surface area contributed by atoms with E-state index in [9.17, 15) is 0 Å². The van der Waals surface area contributed by atoms with E-state index in [4.69, 9.17) is 0 Å². The minimum Gasteiger partial charge on any atom is -0.340 e. The van der Waals surface area contributed by atoms with Crippen LogP contribution in [0.3, 0.4) is 0 Å². The normalized spacial score (nSPS) is 10.4. The van der Waals surface area contributed by atoms with E-state index in [-0.39, 0.29) is 0 Å². The molecule has 0 aliphatic carbocycles. The van der Waals surface area contributed by atoms with Crippen LogP contribution in [0.4, 0.5) is 23.1 Å². The number of anilines is 4. The summed E-state index contributed by atoms with van der Waals surface area (Å²) in [6.07, 6.45) is 1.73. The van der Waals surface area contributed by atoms with Crippen LogP contribution in [-0.4, -0.2) is 9.97 Å². The van der Waals surface area contributed by atoms with Gasteiger partial charge in [0.1, 0.15) is 5.82 Å². The molecule has 0 spiro atoms. The molecule has 3 rings (SSSR count). The van der Waals surface area contributed by atoms with Crippen molar-refractivity contribution in [2.75, 3.05) is 10.6 Å². The zero-order valence-electron chi connectivity index (χ0n) is 13.0. The number of aryl methyl sites for hydroxylation is 2. The summed E-state index contributed by atoms with van der Waals surface area (Å²) in [6.45, 7) is 4.11. The predicted octanol–water partition coefficient (Wildman–Crippen LogP) is 5.34. The van der Waals surface area contributed by atoms with Crippen molar-refractivity contribution in [3.8, 4) is 0 Å². The maximum Gasteiger partial charge on any atom is 0.229 e. The number of hydrogen-bond acceptors (Lipinski definition) is 4. The highest BCUT2D eigenvalue weighted by atomic mass is 79.9. The quantitative estimate of drug-likeness (QED) is 0.652. The number of rotatable bonds is 4. The molecule has 5 heteroatoms. The zero-order chi connectivity index (χ0) is 16.2. The molecule has 2 aromatic carbocycles. The molecule has 23 heavy (non-hydrogen) atoms. The Bertz CT molecular complexity index is 833. The van der Waals surface area contributed by atoms with Gasteiger partial charge in [0.25, 0.3) is 0 Å². The van der Waals surface area contributed by atoms with Gasteiger partial charge in [-0.2, -0.15) is 4.98 Å². The molecule has 3 aromatic rings. The molecule has 0 atom stereocenters. The minimum absolute atomic E-state index is 0.562. The van der Waals surface area contributed by atoms with E-state index in [1.54, 1.807) is 6.20 Å². The minimum atomic E-state index is 0.562. The lowest BCUT2D eigenvalue weighted by Gasteiger charge is -2.09. The molecule has 1 aromatic heterocycles. The Balaban J connectivity index is 1.78. The number of nitrogens with one attached hydrogen (secondary N) is 2. The lowest BCUT2D eigenvalue weighted by molar-refractivity contribution is 1.16. The Kier molecular flexibility index (Phi) is 4.57. The van der Waals surface area contributed by atoms with E-state index in [0.29, 0.717) is 5.95 Å². The van der Waals surface area contributed by atoms with Gasteiger partial charge in [0, 0.05) is 22.0 Å². The summed E-state index contributed by atoms with van der Waals surface area (Å²) in [5.74, 6) is 1.30. The monoisotopic (exact) mass is 368 g/mol. The molecular formula is C18H17BrN4. The van der Waals surface area contributed by atoms with Gasteiger partial charge in [-0.1, -0.05) is 34.1 Å². The largest absolute Gasteiger partial charge is 0.340 e. The van der Waals surface area contributed by atoms with Crippen molar-refractivity contribution in [2.24, 2.45) is 0 Å². The molecule has 0 saturated heterocycles. The van der Waals surface area contributed by atoms with Crippen LogP contribution in [0, 0.1) is 13.8 Å². The highest BCUT2D eigenvalue weighted by molar-refractivity contribution is 9.10. The number of hydrogen-bond donors (Lipinski definition) is 2. The lowest BCUT2D eigenvalue weighted by Crippen LogP contribution is -2.00. The van der Waals surface area contributed by atoms with Gasteiger partial charge in [-0.15, -0.1) is 0 Å². The van der Waals surface area contributed by atoms with E-state index in [1.807, 2.05) is 30.3 Å². The average Bonchev–Trinajstić information content (AvgIpc) is 2.51. The molecule has 0 radical (unpaired) electrons. The summed E-state index contributed by atoms with van der Waals surface area (Å²) in [5, 5.41) is 6.51. The first-order chi connectivity index (χ1) is 11.1. The first-order valence-corrected chi connectivity index (χ1v) is 8.09. The van der Waals surface area contributed by atoms with Crippen molar-refractivity contribution < 1.29 is 0 Å². The molecule has 0 saturated carbocycles. The summed E-state index contributed by atoms with van der Waals surface area (Å²) in [4.78, 5) is 8.76. The Labute approximate surface area is 144 Å². The van der Waals surface area contributed by atoms with Crippen LogP contribution in [-0.2, 0) is 0 Å². The van der Waals surface area contributed by atoms with Gasteiger partial charge in [0.2, 0.25) is 5.95 Å². The fourth-order valence-electron chi connectivity index (χ4n) is 2.16. The maximum atomic E-state index is 4.50. The molecule has 0 unspecified atom stereocenters. The molecule has 2 N–H and O–H groups in total. The second kappa shape index (κ2) is 6.79. The van der Waals surface area contributed by atoms with Crippen LogP contribution in [0.5, 0.6) is 0 Å². The number of halogens is 1. The fraction of sp³-hybridized carbons (Fsp3) is 0.111. The van der Waals surface area contributed by atoms with Crippen LogP contribution in [0.1, 0.15) is 11.1 Å². The third-order valence-electron chi connectivity index (χ3n) is 3.37. The highest BCUT2D eigenvalue weighted by Crippen LogP contribution is 2.23. The molecule has 0 fully saturated rings. The standard InChI is InChI=1S/C18H17BrN4/c1-12-4-3-5-14(10-12)22-18-20-9-8-17(23-18)21-15-7-6-13(2)16(19)11-15/h3-11H,1-2H3,(H2,20,21,22,23). The highest BCUT2D eigenvalue weighted by Gasteiger charge is 2.02. The van der Waals surface area contributed by atoms with Gasteiger partial charge in [-0.05, 0) is 55.3 Å². The first-order valence-electron chi connectivity index (χ1n) is 7.30. The van der Waals surface area contributed by atoms with E-state index < -0.39 is 0 Å². The third kappa shape index (κ3) is 4.07. The van der Waals surface area contributed by atoms with Gasteiger partial charge in [0.05, 0.1) is 0 Å². The average molecular weight is 369 g/mol. The van der Waals surface area contributed by atoms with E-state index >= 15 is 0 Å². The smallest absolute Gasteiger partial charge is 0.229 e. The molecule has 0 aliphatic heterocycles. The van der Waals surface area contributed by atoms with Crippen LogP contribution in [0.25, 0.3) is 0 Å². The van der Waals surface area contributed by atoms with E-state index in [0.717, 1.165) is 21.7 Å². The van der Waals surface area contributed by atoms with Crippen molar-refractivity contribution >= 4 is 39.1 Å². The molecular weight excluding hydrogens is 352 g/mol. The van der Waals surface area contributed by atoms with Gasteiger partial charge in [-0.3, -0.25) is 0 Å².